The normalized spacial score (nSPS) is 13.4. The number of fused-ring (bicyclic) bond motifs is 1. The predicted octanol–water partition coefficient (Wildman–Crippen LogP) is 16.9. The molecule has 0 aliphatic heterocycles. The standard InChI is InChI=1S/C61H67N3O/c1-37(2)43-34-50(38(3)4)57(65)52(35-43)58-63-56-49(16-15-17-55(56)64(58)54-27-18-39(5)30-51(54)41-21-25-47(26-22-41)60(9,10)11)44-31-45(33-48(32-44)61(12,13)14)53-36-42(28-29-62-53)40-19-23-46(24-20-40)59(6,7)8/h15-38,65H,1-14H3/i5D3. The summed E-state index contributed by atoms with van der Waals surface area (Å²) in [4.78, 5) is 10.6. The number of phenols is 1. The van der Waals surface area contributed by atoms with Gasteiger partial charge in [-0.15, -0.1) is 0 Å². The molecule has 0 spiro atoms. The maximum Gasteiger partial charge on any atom is 0.149 e. The second kappa shape index (κ2) is 16.9. The van der Waals surface area contributed by atoms with Crippen LogP contribution < -0.4 is 0 Å². The number of hydrogen-bond acceptors (Lipinski definition) is 3. The number of hydrogen-bond donors (Lipinski definition) is 1. The first kappa shape index (κ1) is 41.4. The molecule has 0 unspecified atom stereocenters. The fourth-order valence-corrected chi connectivity index (χ4v) is 8.79. The number of rotatable bonds is 8. The molecule has 0 aliphatic rings. The maximum atomic E-state index is 12.4. The van der Waals surface area contributed by atoms with Crippen LogP contribution in [0.5, 0.6) is 5.75 Å². The van der Waals surface area contributed by atoms with Gasteiger partial charge in [0.25, 0.3) is 0 Å². The molecule has 332 valence electrons. The van der Waals surface area contributed by atoms with Gasteiger partial charge in [0.15, 0.2) is 0 Å². The van der Waals surface area contributed by atoms with Crippen LogP contribution in [0.15, 0.2) is 134 Å². The minimum Gasteiger partial charge on any atom is -0.507 e. The fraction of sp³-hybridized carbons (Fsp3) is 0.311. The summed E-state index contributed by atoms with van der Waals surface area (Å²) < 4.78 is 27.6. The lowest BCUT2D eigenvalue weighted by atomic mass is 9.83. The van der Waals surface area contributed by atoms with Crippen molar-refractivity contribution in [1.82, 2.24) is 14.5 Å². The van der Waals surface area contributed by atoms with E-state index >= 15 is 0 Å². The van der Waals surface area contributed by atoms with E-state index in [0.717, 1.165) is 78.0 Å². The highest BCUT2D eigenvalue weighted by Crippen LogP contribution is 2.45. The van der Waals surface area contributed by atoms with Crippen molar-refractivity contribution in [2.75, 3.05) is 0 Å². The zero-order valence-corrected chi connectivity index (χ0v) is 40.6. The summed E-state index contributed by atoms with van der Waals surface area (Å²) in [7, 11) is 0. The van der Waals surface area contributed by atoms with Crippen LogP contribution in [0.2, 0.25) is 0 Å². The summed E-state index contributed by atoms with van der Waals surface area (Å²) in [6.07, 6.45) is 1.90. The number of benzene rings is 6. The molecule has 4 heteroatoms. The van der Waals surface area contributed by atoms with Crippen LogP contribution in [0.1, 0.15) is 139 Å². The van der Waals surface area contributed by atoms with Crippen molar-refractivity contribution in [3.63, 3.8) is 0 Å². The van der Waals surface area contributed by atoms with Gasteiger partial charge < -0.3 is 5.11 Å². The second-order valence-electron chi connectivity index (χ2n) is 21.6. The third-order valence-corrected chi connectivity index (χ3v) is 12.9. The highest BCUT2D eigenvalue weighted by Gasteiger charge is 2.26. The maximum absolute atomic E-state index is 12.4. The molecule has 0 radical (unpaired) electrons. The number of pyridine rings is 1. The van der Waals surface area contributed by atoms with Crippen molar-refractivity contribution >= 4 is 11.0 Å². The Labute approximate surface area is 392 Å². The van der Waals surface area contributed by atoms with Crippen molar-refractivity contribution in [1.29, 1.82) is 0 Å². The van der Waals surface area contributed by atoms with Gasteiger partial charge in [-0.2, -0.15) is 0 Å². The summed E-state index contributed by atoms with van der Waals surface area (Å²) in [5.74, 6) is 0.991. The Morgan fingerprint density at radius 1 is 0.538 bits per heavy atom. The molecular formula is C61H67N3O. The van der Waals surface area contributed by atoms with E-state index in [9.17, 15) is 5.11 Å². The smallest absolute Gasteiger partial charge is 0.149 e. The molecule has 0 saturated carbocycles. The first-order valence-electron chi connectivity index (χ1n) is 24.7. The van der Waals surface area contributed by atoms with Gasteiger partial charge in [0.1, 0.15) is 11.6 Å². The molecule has 0 amide bonds. The lowest BCUT2D eigenvalue weighted by Gasteiger charge is -2.22. The molecule has 65 heavy (non-hydrogen) atoms. The molecule has 0 saturated heterocycles. The van der Waals surface area contributed by atoms with E-state index in [-0.39, 0.29) is 39.4 Å². The van der Waals surface area contributed by atoms with Crippen molar-refractivity contribution in [2.45, 2.75) is 125 Å². The van der Waals surface area contributed by atoms with E-state index in [1.165, 1.54) is 11.1 Å². The number of nitrogens with zero attached hydrogens (tertiary/aromatic N) is 3. The Morgan fingerprint density at radius 2 is 1.17 bits per heavy atom. The Hall–Kier alpha value is -6.26. The Kier molecular flexibility index (Phi) is 10.8. The number of imidazole rings is 1. The third kappa shape index (κ3) is 9.06. The summed E-state index contributed by atoms with van der Waals surface area (Å²) in [5.41, 5.74) is 16.3. The van der Waals surface area contributed by atoms with E-state index < -0.39 is 6.85 Å². The Balaban J connectivity index is 1.42. The molecule has 0 atom stereocenters. The monoisotopic (exact) mass is 861 g/mol. The average Bonchev–Trinajstić information content (AvgIpc) is 3.67. The number of aromatic nitrogens is 3. The van der Waals surface area contributed by atoms with Gasteiger partial charge in [-0.25, -0.2) is 4.98 Å². The van der Waals surface area contributed by atoms with Crippen LogP contribution in [0.4, 0.5) is 0 Å². The fourth-order valence-electron chi connectivity index (χ4n) is 8.79. The van der Waals surface area contributed by atoms with E-state index in [0.29, 0.717) is 11.4 Å². The molecule has 4 nitrogen and oxygen atoms in total. The molecule has 0 fully saturated rings. The minimum atomic E-state index is -2.33. The van der Waals surface area contributed by atoms with E-state index in [4.69, 9.17) is 14.1 Å². The van der Waals surface area contributed by atoms with E-state index in [2.05, 4.69) is 204 Å². The van der Waals surface area contributed by atoms with Gasteiger partial charge in [0, 0.05) is 27.0 Å². The highest BCUT2D eigenvalue weighted by molar-refractivity contribution is 5.98. The van der Waals surface area contributed by atoms with Gasteiger partial charge in [-0.1, -0.05) is 174 Å². The van der Waals surface area contributed by atoms with Gasteiger partial charge in [-0.05, 0) is 134 Å². The molecule has 0 bridgehead atoms. The lowest BCUT2D eigenvalue weighted by Crippen LogP contribution is -2.11. The van der Waals surface area contributed by atoms with Crippen molar-refractivity contribution in [2.24, 2.45) is 0 Å². The Morgan fingerprint density at radius 3 is 1.77 bits per heavy atom. The zero-order valence-electron chi connectivity index (χ0n) is 43.6. The van der Waals surface area contributed by atoms with Gasteiger partial charge in [0.05, 0.1) is 28.0 Å². The quantitative estimate of drug-likeness (QED) is 0.166. The number of aryl methyl sites for hydroxylation is 1. The van der Waals surface area contributed by atoms with Gasteiger partial charge >= 0.3 is 0 Å². The molecule has 6 aromatic carbocycles. The Bertz CT molecular complexity index is 3150. The van der Waals surface area contributed by atoms with Crippen LogP contribution in [-0.4, -0.2) is 19.6 Å². The molecule has 2 heterocycles. The number of aromatic hydroxyl groups is 1. The van der Waals surface area contributed by atoms with Crippen LogP contribution in [0.25, 0.3) is 72.7 Å². The van der Waals surface area contributed by atoms with Crippen molar-refractivity contribution in [3.8, 4) is 67.5 Å². The number of para-hydroxylation sites is 1. The zero-order chi connectivity index (χ0) is 49.2. The van der Waals surface area contributed by atoms with Gasteiger partial charge in [0.2, 0.25) is 0 Å². The van der Waals surface area contributed by atoms with Crippen LogP contribution in [0.3, 0.4) is 0 Å². The summed E-state index contributed by atoms with van der Waals surface area (Å²) in [5, 5.41) is 12.4. The van der Waals surface area contributed by atoms with Crippen LogP contribution in [-0.2, 0) is 16.2 Å². The molecule has 2 aromatic heterocycles. The molecule has 8 aromatic rings. The van der Waals surface area contributed by atoms with E-state index in [1.807, 2.05) is 12.3 Å². The molecular weight excluding hydrogens is 791 g/mol. The summed E-state index contributed by atoms with van der Waals surface area (Å²) in [6.45, 7) is 26.2. The van der Waals surface area contributed by atoms with Crippen molar-refractivity contribution in [3.05, 3.63) is 167 Å². The molecule has 1 N–H and O–H groups in total. The van der Waals surface area contributed by atoms with Crippen LogP contribution >= 0.6 is 0 Å². The highest BCUT2D eigenvalue weighted by atomic mass is 16.3. The van der Waals surface area contributed by atoms with E-state index in [1.54, 1.807) is 12.1 Å². The minimum absolute atomic E-state index is 0.0461. The summed E-state index contributed by atoms with van der Waals surface area (Å²) in [6, 6.07) is 44.2. The van der Waals surface area contributed by atoms with Crippen molar-refractivity contribution < 1.29 is 9.22 Å². The summed E-state index contributed by atoms with van der Waals surface area (Å²) >= 11 is 0. The second-order valence-corrected chi connectivity index (χ2v) is 21.6. The topological polar surface area (TPSA) is 50.9 Å². The lowest BCUT2D eigenvalue weighted by molar-refractivity contribution is 0.466. The molecule has 0 aliphatic carbocycles. The van der Waals surface area contributed by atoms with Gasteiger partial charge in [-0.3, -0.25) is 9.55 Å². The predicted molar refractivity (Wildman–Crippen MR) is 277 cm³/mol. The SMILES string of the molecule is [2H]C([2H])([2H])c1ccc(-n2c(-c3cc(C(C)C)cc(C(C)C)c3O)nc3c(-c4cc(-c5cc(-c6ccc(C(C)(C)C)cc6)ccn5)cc(C(C)(C)C)c4)cccc32)c(-c2ccc(C(C)(C)C)cc2)c1. The number of phenolic OH excluding ortho intramolecular Hbond substituents is 1. The largest absolute Gasteiger partial charge is 0.507 e. The first-order valence-corrected chi connectivity index (χ1v) is 23.2. The first-order chi connectivity index (χ1) is 31.8. The van der Waals surface area contributed by atoms with Crippen LogP contribution in [0, 0.1) is 6.85 Å². The average molecular weight is 861 g/mol. The molecule has 8 rings (SSSR count). The third-order valence-electron chi connectivity index (χ3n) is 12.9.